The number of benzene rings is 2. The second-order valence-electron chi connectivity index (χ2n) is 11.4. The first kappa shape index (κ1) is 26.6. The average molecular weight is 555 g/mol. The average Bonchev–Trinajstić information content (AvgIpc) is 2.93. The molecule has 2 aliphatic heterocycles. The molecule has 10 nitrogen and oxygen atoms in total. The highest BCUT2D eigenvalue weighted by atomic mass is 16.6. The highest BCUT2D eigenvalue weighted by Gasteiger charge is 2.33. The molecule has 2 aromatic heterocycles. The van der Waals surface area contributed by atoms with Crippen molar-refractivity contribution in [2.24, 2.45) is 0 Å². The van der Waals surface area contributed by atoms with Crippen LogP contribution in [-0.4, -0.2) is 45.9 Å². The lowest BCUT2D eigenvalue weighted by atomic mass is 10.1. The first-order valence-electron chi connectivity index (χ1n) is 14.0. The zero-order chi connectivity index (χ0) is 28.7. The molecule has 2 aliphatic rings. The van der Waals surface area contributed by atoms with Gasteiger partial charge < -0.3 is 19.7 Å². The van der Waals surface area contributed by atoms with Crippen molar-refractivity contribution in [1.82, 2.24) is 14.5 Å². The summed E-state index contributed by atoms with van der Waals surface area (Å²) in [4.78, 5) is 40.3. The van der Waals surface area contributed by atoms with Crippen LogP contribution in [0.15, 0.2) is 59.5 Å². The molecule has 0 atom stereocenters. The summed E-state index contributed by atoms with van der Waals surface area (Å²) >= 11 is 0. The third-order valence-electron chi connectivity index (χ3n) is 7.17. The number of carbonyl (C=O) groups excluding carboxylic acids is 1. The molecule has 41 heavy (non-hydrogen) atoms. The summed E-state index contributed by atoms with van der Waals surface area (Å²) in [5.74, 6) is 1.17. The first-order valence-corrected chi connectivity index (χ1v) is 14.0. The van der Waals surface area contributed by atoms with Gasteiger partial charge in [-0.05, 0) is 70.4 Å². The van der Waals surface area contributed by atoms with Gasteiger partial charge in [0.05, 0.1) is 18.0 Å². The molecule has 4 aromatic rings. The molecule has 0 fully saturated rings. The van der Waals surface area contributed by atoms with Gasteiger partial charge in [0.25, 0.3) is 5.56 Å². The van der Waals surface area contributed by atoms with E-state index in [1.54, 1.807) is 15.7 Å². The number of hydrogen-bond donors (Lipinski definition) is 1. The molecule has 0 saturated heterocycles. The lowest BCUT2D eigenvalue weighted by Gasteiger charge is -2.39. The normalized spacial score (nSPS) is 15.2. The van der Waals surface area contributed by atoms with E-state index in [1.807, 2.05) is 81.1 Å². The van der Waals surface area contributed by atoms with Crippen LogP contribution in [0.2, 0.25) is 0 Å². The smallest absolute Gasteiger partial charge is 0.414 e. The van der Waals surface area contributed by atoms with Crippen molar-refractivity contribution in [3.63, 3.8) is 0 Å². The molecule has 1 amide bonds. The van der Waals surface area contributed by atoms with Crippen molar-refractivity contribution in [2.45, 2.75) is 52.7 Å². The monoisotopic (exact) mass is 554 g/mol. The zero-order valence-electron chi connectivity index (χ0n) is 23.8. The van der Waals surface area contributed by atoms with E-state index in [9.17, 15) is 9.59 Å². The fraction of sp³-hybridized carbons (Fsp3) is 0.355. The Labute approximate surface area is 238 Å². The minimum Gasteiger partial charge on any atom is -0.494 e. The van der Waals surface area contributed by atoms with E-state index in [-0.39, 0.29) is 5.56 Å². The van der Waals surface area contributed by atoms with Gasteiger partial charge in [0.1, 0.15) is 22.7 Å². The Morgan fingerprint density at radius 3 is 2.68 bits per heavy atom. The molecule has 1 N–H and O–H groups in total. The third-order valence-corrected chi connectivity index (χ3v) is 7.17. The standard InChI is InChI=1S/C31H34N6O4/c1-20-9-7-12-24-26(20)36(30(39)41-31(2,3)4)15-14-35(24)25-17-21-19-32-29-33-22-10-8-11-23(18-22)40-16-6-5-13-37(28(25)38)27(21)34-29/h7-12,17-19H,5-6,13-16H2,1-4H3,(H,32,33,34). The number of rotatable bonds is 1. The van der Waals surface area contributed by atoms with Gasteiger partial charge in [0.15, 0.2) is 0 Å². The second-order valence-corrected chi connectivity index (χ2v) is 11.4. The van der Waals surface area contributed by atoms with Crippen LogP contribution >= 0.6 is 0 Å². The molecular formula is C31H34N6O4. The van der Waals surface area contributed by atoms with Crippen LogP contribution in [0, 0.1) is 6.92 Å². The fourth-order valence-electron chi connectivity index (χ4n) is 5.35. The number of carbonyl (C=O) groups is 1. The number of aromatic nitrogens is 3. The van der Waals surface area contributed by atoms with E-state index in [1.165, 1.54) is 0 Å². The SMILES string of the molecule is Cc1cccc2c1N(C(=O)OC(C)(C)C)CCN2c1cc2cnc3nc2n(c1=O)CCCCOc1cccc(c1)N3. The Morgan fingerprint density at radius 1 is 1.02 bits per heavy atom. The van der Waals surface area contributed by atoms with Crippen LogP contribution in [0.25, 0.3) is 11.0 Å². The first-order chi connectivity index (χ1) is 19.7. The molecule has 10 heteroatoms. The van der Waals surface area contributed by atoms with Crippen LogP contribution in [0.1, 0.15) is 39.2 Å². The highest BCUT2D eigenvalue weighted by molar-refractivity contribution is 5.97. The Bertz CT molecular complexity index is 1690. The Balaban J connectivity index is 1.44. The largest absolute Gasteiger partial charge is 0.494 e. The van der Waals surface area contributed by atoms with Crippen LogP contribution in [0.5, 0.6) is 5.75 Å². The molecule has 0 radical (unpaired) electrons. The number of pyridine rings is 1. The van der Waals surface area contributed by atoms with Gasteiger partial charge in [-0.25, -0.2) is 9.78 Å². The van der Waals surface area contributed by atoms with Crippen molar-refractivity contribution in [1.29, 1.82) is 0 Å². The summed E-state index contributed by atoms with van der Waals surface area (Å²) in [6.45, 7) is 9.36. The highest BCUT2D eigenvalue weighted by Crippen LogP contribution is 2.40. The summed E-state index contributed by atoms with van der Waals surface area (Å²) in [6.07, 6.45) is 2.87. The minimum atomic E-state index is -0.621. The Hall–Kier alpha value is -4.60. The van der Waals surface area contributed by atoms with Gasteiger partial charge in [-0.2, -0.15) is 4.98 Å². The number of nitrogens with one attached hydrogen (secondary N) is 1. The number of fused-ring (bicyclic) bond motifs is 4. The number of aryl methyl sites for hydroxylation is 2. The number of nitrogens with zero attached hydrogens (tertiary/aromatic N) is 5. The molecule has 0 spiro atoms. The molecule has 0 aliphatic carbocycles. The number of amides is 1. The van der Waals surface area contributed by atoms with Crippen molar-refractivity contribution in [2.75, 3.05) is 34.8 Å². The maximum absolute atomic E-state index is 14.2. The summed E-state index contributed by atoms with van der Waals surface area (Å²) in [5, 5.41) is 4.00. The maximum atomic E-state index is 14.2. The Morgan fingerprint density at radius 2 is 1.85 bits per heavy atom. The Kier molecular flexibility index (Phi) is 6.76. The lowest BCUT2D eigenvalue weighted by Crippen LogP contribution is -2.46. The van der Waals surface area contributed by atoms with Crippen LogP contribution in [-0.2, 0) is 11.3 Å². The molecular weight excluding hydrogens is 520 g/mol. The van der Waals surface area contributed by atoms with E-state index in [2.05, 4.69) is 10.3 Å². The molecule has 4 heterocycles. The summed E-state index contributed by atoms with van der Waals surface area (Å²) < 4.78 is 13.4. The van der Waals surface area contributed by atoms with E-state index >= 15 is 0 Å². The molecule has 4 bridgehead atoms. The van der Waals surface area contributed by atoms with Crippen molar-refractivity contribution in [3.05, 3.63) is 70.6 Å². The van der Waals surface area contributed by atoms with Gasteiger partial charge in [-0.3, -0.25) is 14.3 Å². The zero-order valence-corrected chi connectivity index (χ0v) is 23.8. The number of hydrogen-bond acceptors (Lipinski definition) is 8. The van der Waals surface area contributed by atoms with Crippen molar-refractivity contribution < 1.29 is 14.3 Å². The van der Waals surface area contributed by atoms with Gasteiger partial charge in [-0.15, -0.1) is 0 Å². The molecule has 0 unspecified atom stereocenters. The van der Waals surface area contributed by atoms with Crippen molar-refractivity contribution in [3.8, 4) is 5.75 Å². The quantitative estimate of drug-likeness (QED) is 0.310. The molecule has 0 saturated carbocycles. The second kappa shape index (κ2) is 10.4. The topological polar surface area (TPSA) is 102 Å². The number of anilines is 5. The van der Waals surface area contributed by atoms with Gasteiger partial charge in [0, 0.05) is 43.0 Å². The van der Waals surface area contributed by atoms with Gasteiger partial charge in [0.2, 0.25) is 5.95 Å². The molecule has 212 valence electrons. The van der Waals surface area contributed by atoms with Crippen LogP contribution in [0.3, 0.4) is 0 Å². The minimum absolute atomic E-state index is 0.142. The van der Waals surface area contributed by atoms with E-state index in [4.69, 9.17) is 14.5 Å². The molecule has 6 rings (SSSR count). The summed E-state index contributed by atoms with van der Waals surface area (Å²) in [5.41, 5.74) is 3.58. The third kappa shape index (κ3) is 5.29. The van der Waals surface area contributed by atoms with E-state index < -0.39 is 11.7 Å². The molecule has 2 aromatic carbocycles. The number of ether oxygens (including phenoxy) is 2. The predicted octanol–water partition coefficient (Wildman–Crippen LogP) is 5.91. The fourth-order valence-corrected chi connectivity index (χ4v) is 5.35. The predicted molar refractivity (Wildman–Crippen MR) is 160 cm³/mol. The van der Waals surface area contributed by atoms with E-state index in [0.29, 0.717) is 43.5 Å². The van der Waals surface area contributed by atoms with Crippen LogP contribution < -0.4 is 25.4 Å². The summed E-state index contributed by atoms with van der Waals surface area (Å²) in [6, 6.07) is 15.4. The van der Waals surface area contributed by atoms with Gasteiger partial charge in [-0.1, -0.05) is 18.2 Å². The maximum Gasteiger partial charge on any atom is 0.414 e. The van der Waals surface area contributed by atoms with Gasteiger partial charge >= 0.3 is 6.09 Å². The number of para-hydroxylation sites is 1. The van der Waals surface area contributed by atoms with Crippen LogP contribution in [0.4, 0.5) is 33.5 Å². The van der Waals surface area contributed by atoms with Crippen molar-refractivity contribution >= 4 is 45.8 Å². The van der Waals surface area contributed by atoms with E-state index in [0.717, 1.165) is 46.6 Å². The summed E-state index contributed by atoms with van der Waals surface area (Å²) in [7, 11) is 0. The lowest BCUT2D eigenvalue weighted by molar-refractivity contribution is 0.0580.